The van der Waals surface area contributed by atoms with Crippen molar-refractivity contribution in [2.45, 2.75) is 26.3 Å². The quantitative estimate of drug-likeness (QED) is 0.669. The summed E-state index contributed by atoms with van der Waals surface area (Å²) in [6.07, 6.45) is 1.42. The number of rotatable bonds is 5. The zero-order chi connectivity index (χ0) is 20.1. The fourth-order valence-electron chi connectivity index (χ4n) is 3.68. The molecule has 0 atom stereocenters. The molecule has 0 unspecified atom stereocenters. The topological polar surface area (TPSA) is 62.5 Å². The van der Waals surface area contributed by atoms with Gasteiger partial charge >= 0.3 is 0 Å². The van der Waals surface area contributed by atoms with Crippen LogP contribution in [0.3, 0.4) is 0 Å². The Morgan fingerprint density at radius 1 is 1.00 bits per heavy atom. The summed E-state index contributed by atoms with van der Waals surface area (Å²) in [6, 6.07) is 17.9. The second-order valence-electron chi connectivity index (χ2n) is 7.50. The first-order valence-corrected chi connectivity index (χ1v) is 10.1. The maximum Gasteiger partial charge on any atom is 0.257 e. The van der Waals surface area contributed by atoms with Crippen molar-refractivity contribution in [3.8, 4) is 11.5 Å². The molecule has 6 nitrogen and oxygen atoms in total. The highest BCUT2D eigenvalue weighted by molar-refractivity contribution is 5.79. The first kappa shape index (κ1) is 19.3. The SMILES string of the molecule is Cc1ccccc1CC(=O)N1CCCN(Cc2noc(-c3ccccc3)n2)CC1. The van der Waals surface area contributed by atoms with E-state index in [1.54, 1.807) is 0 Å². The van der Waals surface area contributed by atoms with Crippen LogP contribution >= 0.6 is 0 Å². The number of amides is 1. The number of aryl methyl sites for hydroxylation is 1. The fourth-order valence-corrected chi connectivity index (χ4v) is 3.68. The number of aromatic nitrogens is 2. The van der Waals surface area contributed by atoms with Gasteiger partial charge in [0.05, 0.1) is 13.0 Å². The third-order valence-corrected chi connectivity index (χ3v) is 5.40. The highest BCUT2D eigenvalue weighted by Gasteiger charge is 2.21. The van der Waals surface area contributed by atoms with Crippen LogP contribution in [-0.2, 0) is 17.8 Å². The lowest BCUT2D eigenvalue weighted by molar-refractivity contribution is -0.130. The van der Waals surface area contributed by atoms with Gasteiger partial charge in [-0.05, 0) is 36.6 Å². The van der Waals surface area contributed by atoms with E-state index in [-0.39, 0.29) is 5.91 Å². The van der Waals surface area contributed by atoms with E-state index in [2.05, 4.69) is 28.0 Å². The molecule has 0 radical (unpaired) electrons. The van der Waals surface area contributed by atoms with Crippen molar-refractivity contribution in [2.75, 3.05) is 26.2 Å². The molecule has 2 aromatic carbocycles. The van der Waals surface area contributed by atoms with E-state index < -0.39 is 0 Å². The molecule has 1 aromatic heterocycles. The van der Waals surface area contributed by atoms with Crippen molar-refractivity contribution in [3.05, 3.63) is 71.5 Å². The first-order valence-electron chi connectivity index (χ1n) is 10.1. The Bertz CT molecular complexity index is 954. The molecule has 29 heavy (non-hydrogen) atoms. The van der Waals surface area contributed by atoms with E-state index in [1.807, 2.05) is 53.4 Å². The molecule has 0 saturated carbocycles. The molecule has 1 saturated heterocycles. The monoisotopic (exact) mass is 390 g/mol. The van der Waals surface area contributed by atoms with Crippen molar-refractivity contribution in [1.82, 2.24) is 19.9 Å². The molecule has 0 N–H and O–H groups in total. The summed E-state index contributed by atoms with van der Waals surface area (Å²) in [6.45, 7) is 5.95. The van der Waals surface area contributed by atoms with Crippen molar-refractivity contribution in [1.29, 1.82) is 0 Å². The average molecular weight is 390 g/mol. The zero-order valence-corrected chi connectivity index (χ0v) is 16.8. The van der Waals surface area contributed by atoms with Crippen LogP contribution in [0.4, 0.5) is 0 Å². The van der Waals surface area contributed by atoms with Gasteiger partial charge in [-0.3, -0.25) is 9.69 Å². The molecule has 3 aromatic rings. The maximum atomic E-state index is 12.8. The van der Waals surface area contributed by atoms with Gasteiger partial charge in [-0.2, -0.15) is 4.98 Å². The Labute approximate surface area is 171 Å². The predicted octanol–water partition coefficient (Wildman–Crippen LogP) is 3.32. The lowest BCUT2D eigenvalue weighted by Crippen LogP contribution is -2.36. The summed E-state index contributed by atoms with van der Waals surface area (Å²) < 4.78 is 5.41. The number of nitrogens with zero attached hydrogens (tertiary/aromatic N) is 4. The number of carbonyl (C=O) groups is 1. The van der Waals surface area contributed by atoms with Crippen molar-refractivity contribution in [2.24, 2.45) is 0 Å². The Kier molecular flexibility index (Phi) is 6.00. The van der Waals surface area contributed by atoms with E-state index in [1.165, 1.54) is 5.56 Å². The van der Waals surface area contributed by atoms with Gasteiger partial charge in [0.1, 0.15) is 0 Å². The molecule has 0 aliphatic carbocycles. The van der Waals surface area contributed by atoms with Crippen LogP contribution in [0.1, 0.15) is 23.4 Å². The van der Waals surface area contributed by atoms with E-state index in [0.29, 0.717) is 24.7 Å². The Morgan fingerprint density at radius 2 is 1.79 bits per heavy atom. The smallest absolute Gasteiger partial charge is 0.257 e. The maximum absolute atomic E-state index is 12.8. The summed E-state index contributed by atoms with van der Waals surface area (Å²) >= 11 is 0. The van der Waals surface area contributed by atoms with E-state index in [4.69, 9.17) is 4.52 Å². The van der Waals surface area contributed by atoms with Crippen LogP contribution in [0.5, 0.6) is 0 Å². The van der Waals surface area contributed by atoms with Gasteiger partial charge in [-0.15, -0.1) is 0 Å². The number of benzene rings is 2. The highest BCUT2D eigenvalue weighted by Crippen LogP contribution is 2.17. The summed E-state index contributed by atoms with van der Waals surface area (Å²) in [5.74, 6) is 1.43. The molecule has 1 aliphatic heterocycles. The lowest BCUT2D eigenvalue weighted by Gasteiger charge is -2.21. The standard InChI is InChI=1S/C23H26N4O2/c1-18-8-5-6-11-20(18)16-22(28)27-13-7-12-26(14-15-27)17-21-24-23(29-25-21)19-9-3-2-4-10-19/h2-6,8-11H,7,12-17H2,1H3. The van der Waals surface area contributed by atoms with Gasteiger partial charge in [0.15, 0.2) is 5.82 Å². The minimum Gasteiger partial charge on any atom is -0.341 e. The molecule has 150 valence electrons. The summed E-state index contributed by atoms with van der Waals surface area (Å²) in [7, 11) is 0. The van der Waals surface area contributed by atoms with Crippen LogP contribution < -0.4 is 0 Å². The largest absolute Gasteiger partial charge is 0.341 e. The van der Waals surface area contributed by atoms with Gasteiger partial charge < -0.3 is 9.42 Å². The summed E-state index contributed by atoms with van der Waals surface area (Å²) in [4.78, 5) is 21.6. The molecule has 0 spiro atoms. The molecule has 0 bridgehead atoms. The van der Waals surface area contributed by atoms with Gasteiger partial charge in [0.25, 0.3) is 5.89 Å². The number of carbonyl (C=O) groups excluding carboxylic acids is 1. The minimum absolute atomic E-state index is 0.201. The van der Waals surface area contributed by atoms with Gasteiger partial charge in [-0.1, -0.05) is 47.6 Å². The van der Waals surface area contributed by atoms with E-state index in [0.717, 1.165) is 43.7 Å². The van der Waals surface area contributed by atoms with Crippen LogP contribution in [-0.4, -0.2) is 52.0 Å². The third kappa shape index (κ3) is 4.90. The van der Waals surface area contributed by atoms with Crippen LogP contribution in [0.15, 0.2) is 59.1 Å². The van der Waals surface area contributed by atoms with Crippen LogP contribution in [0, 0.1) is 6.92 Å². The zero-order valence-electron chi connectivity index (χ0n) is 16.8. The average Bonchev–Trinajstić information content (AvgIpc) is 3.08. The third-order valence-electron chi connectivity index (χ3n) is 5.40. The summed E-state index contributed by atoms with van der Waals surface area (Å²) in [5, 5.41) is 4.13. The second kappa shape index (κ2) is 9.01. The van der Waals surface area contributed by atoms with Gasteiger partial charge in [0, 0.05) is 31.7 Å². The van der Waals surface area contributed by atoms with Crippen LogP contribution in [0.2, 0.25) is 0 Å². The fraction of sp³-hybridized carbons (Fsp3) is 0.348. The molecule has 1 aliphatic rings. The molecule has 4 rings (SSSR count). The molecule has 1 fully saturated rings. The first-order chi connectivity index (χ1) is 14.2. The Balaban J connectivity index is 1.33. The minimum atomic E-state index is 0.201. The molecular weight excluding hydrogens is 364 g/mol. The van der Waals surface area contributed by atoms with Crippen molar-refractivity contribution in [3.63, 3.8) is 0 Å². The Morgan fingerprint density at radius 3 is 2.62 bits per heavy atom. The Hall–Kier alpha value is -2.99. The highest BCUT2D eigenvalue weighted by atomic mass is 16.5. The van der Waals surface area contributed by atoms with Gasteiger partial charge in [-0.25, -0.2) is 0 Å². The van der Waals surface area contributed by atoms with Crippen LogP contribution in [0.25, 0.3) is 11.5 Å². The van der Waals surface area contributed by atoms with Crippen molar-refractivity contribution < 1.29 is 9.32 Å². The van der Waals surface area contributed by atoms with Gasteiger partial charge in [0.2, 0.25) is 5.91 Å². The van der Waals surface area contributed by atoms with E-state index >= 15 is 0 Å². The normalized spacial score (nSPS) is 15.3. The molecular formula is C23H26N4O2. The molecule has 2 heterocycles. The van der Waals surface area contributed by atoms with E-state index in [9.17, 15) is 4.79 Å². The predicted molar refractivity (Wildman–Crippen MR) is 111 cm³/mol. The lowest BCUT2D eigenvalue weighted by atomic mass is 10.1. The molecule has 6 heteroatoms. The second-order valence-corrected chi connectivity index (χ2v) is 7.50. The summed E-state index contributed by atoms with van der Waals surface area (Å²) in [5.41, 5.74) is 3.21. The number of hydrogen-bond acceptors (Lipinski definition) is 5. The molecule has 1 amide bonds. The number of hydrogen-bond donors (Lipinski definition) is 0. The van der Waals surface area contributed by atoms with Crippen molar-refractivity contribution >= 4 is 5.91 Å².